The number of benzene rings is 2. The van der Waals surface area contributed by atoms with E-state index in [1.54, 1.807) is 17.0 Å². The Morgan fingerprint density at radius 1 is 1.08 bits per heavy atom. The van der Waals surface area contributed by atoms with E-state index in [-0.39, 0.29) is 18.6 Å². The molecule has 0 radical (unpaired) electrons. The second-order valence-corrected chi connectivity index (χ2v) is 5.93. The first-order chi connectivity index (χ1) is 11.7. The topological polar surface area (TPSA) is 66.6 Å². The Kier molecular flexibility index (Phi) is 4.83. The highest BCUT2D eigenvalue weighted by Crippen LogP contribution is 2.19. The number of nitrogens with zero attached hydrogens (tertiary/aromatic N) is 1. The van der Waals surface area contributed by atoms with E-state index >= 15 is 0 Å². The molecule has 1 amide bonds. The Balaban J connectivity index is 1.72. The van der Waals surface area contributed by atoms with Gasteiger partial charge in [0.05, 0.1) is 12.6 Å². The fourth-order valence-electron chi connectivity index (χ4n) is 2.87. The number of hydrogen-bond donors (Lipinski definition) is 2. The first-order valence-electron chi connectivity index (χ1n) is 8.07. The van der Waals surface area contributed by atoms with Crippen LogP contribution in [-0.4, -0.2) is 35.1 Å². The highest BCUT2D eigenvalue weighted by Gasteiger charge is 2.28. The van der Waals surface area contributed by atoms with Gasteiger partial charge in [-0.2, -0.15) is 0 Å². The summed E-state index contributed by atoms with van der Waals surface area (Å²) in [6.07, 6.45) is 1.81. The number of likely N-dealkylation sites (tertiary alicyclic amines) is 1. The van der Waals surface area contributed by atoms with Crippen LogP contribution in [-0.2, 0) is 0 Å². The second kappa shape index (κ2) is 7.20. The van der Waals surface area contributed by atoms with Crippen LogP contribution in [0.15, 0.2) is 48.5 Å². The van der Waals surface area contributed by atoms with Crippen LogP contribution in [0.4, 0.5) is 5.69 Å². The number of amides is 1. The Morgan fingerprint density at radius 3 is 2.25 bits per heavy atom. The lowest BCUT2D eigenvalue weighted by molar-refractivity contribution is 0.0677. The SMILES string of the molecule is Nc1ccc(C#Cc2ccc(C(=O)N3CCC[C@H]3CO)cc2)cc1. The summed E-state index contributed by atoms with van der Waals surface area (Å²) in [4.78, 5) is 14.3. The van der Waals surface area contributed by atoms with Crippen molar-refractivity contribution < 1.29 is 9.90 Å². The van der Waals surface area contributed by atoms with Crippen LogP contribution in [0.2, 0.25) is 0 Å². The molecular formula is C20H20N2O2. The minimum absolute atomic E-state index is 0.0235. The molecule has 3 N–H and O–H groups in total. The standard InChI is InChI=1S/C20H20N2O2/c21-18-11-7-16(8-12-18)4-3-15-5-9-17(10-6-15)20(24)22-13-1-2-19(22)14-23/h5-12,19,23H,1-2,13-14,21H2/t19-/m0/s1. The summed E-state index contributed by atoms with van der Waals surface area (Å²) in [6.45, 7) is 0.736. The van der Waals surface area contributed by atoms with Gasteiger partial charge in [-0.3, -0.25) is 4.79 Å². The van der Waals surface area contributed by atoms with Gasteiger partial charge in [-0.25, -0.2) is 0 Å². The normalized spacial score (nSPS) is 16.5. The monoisotopic (exact) mass is 320 g/mol. The smallest absolute Gasteiger partial charge is 0.254 e. The van der Waals surface area contributed by atoms with Crippen LogP contribution in [0.1, 0.15) is 34.3 Å². The van der Waals surface area contributed by atoms with Gasteiger partial charge in [-0.05, 0) is 61.4 Å². The highest BCUT2D eigenvalue weighted by molar-refractivity contribution is 5.94. The number of carbonyl (C=O) groups is 1. The molecule has 2 aromatic carbocycles. The molecule has 122 valence electrons. The summed E-state index contributed by atoms with van der Waals surface area (Å²) in [5.41, 5.74) is 8.74. The number of aliphatic hydroxyl groups excluding tert-OH is 1. The van der Waals surface area contributed by atoms with E-state index in [1.165, 1.54) is 0 Å². The van der Waals surface area contributed by atoms with Gasteiger partial charge in [-0.15, -0.1) is 0 Å². The summed E-state index contributed by atoms with van der Waals surface area (Å²) in [6, 6.07) is 14.6. The Hall–Kier alpha value is -2.77. The number of aliphatic hydroxyl groups is 1. The quantitative estimate of drug-likeness (QED) is 0.659. The minimum atomic E-state index is -0.0533. The third-order valence-electron chi connectivity index (χ3n) is 4.24. The first-order valence-corrected chi connectivity index (χ1v) is 8.07. The molecule has 4 heteroatoms. The number of nitrogens with two attached hydrogens (primary N) is 1. The molecule has 0 spiro atoms. The van der Waals surface area contributed by atoms with Crippen molar-refractivity contribution in [3.05, 3.63) is 65.2 Å². The molecule has 2 aromatic rings. The summed E-state index contributed by atoms with van der Waals surface area (Å²) in [5.74, 6) is 6.13. The van der Waals surface area contributed by atoms with Crippen molar-refractivity contribution in [1.29, 1.82) is 0 Å². The zero-order valence-corrected chi connectivity index (χ0v) is 13.4. The molecule has 0 aliphatic carbocycles. The van der Waals surface area contributed by atoms with Crippen molar-refractivity contribution in [3.63, 3.8) is 0 Å². The molecule has 1 atom stereocenters. The van der Waals surface area contributed by atoms with Crippen LogP contribution >= 0.6 is 0 Å². The maximum atomic E-state index is 12.5. The van der Waals surface area contributed by atoms with E-state index in [9.17, 15) is 9.90 Å². The molecule has 0 unspecified atom stereocenters. The van der Waals surface area contributed by atoms with Crippen molar-refractivity contribution in [2.24, 2.45) is 0 Å². The lowest BCUT2D eigenvalue weighted by Gasteiger charge is -2.23. The molecule has 1 aliphatic rings. The van der Waals surface area contributed by atoms with E-state index in [2.05, 4.69) is 11.8 Å². The molecule has 1 fully saturated rings. The Labute approximate surface area is 141 Å². The number of anilines is 1. The number of hydrogen-bond acceptors (Lipinski definition) is 3. The summed E-state index contributed by atoms with van der Waals surface area (Å²) >= 11 is 0. The molecule has 24 heavy (non-hydrogen) atoms. The van der Waals surface area contributed by atoms with Crippen LogP contribution in [0.3, 0.4) is 0 Å². The van der Waals surface area contributed by atoms with Gasteiger partial charge < -0.3 is 15.7 Å². The first kappa shape index (κ1) is 16.1. The molecule has 1 heterocycles. The molecule has 3 rings (SSSR count). The van der Waals surface area contributed by atoms with E-state index in [4.69, 9.17) is 5.73 Å². The summed E-state index contributed by atoms with van der Waals surface area (Å²) < 4.78 is 0. The predicted octanol–water partition coefficient (Wildman–Crippen LogP) is 2.27. The van der Waals surface area contributed by atoms with E-state index < -0.39 is 0 Å². The zero-order chi connectivity index (χ0) is 16.9. The largest absolute Gasteiger partial charge is 0.399 e. The molecule has 0 aromatic heterocycles. The number of rotatable bonds is 2. The van der Waals surface area contributed by atoms with Gasteiger partial charge in [0.25, 0.3) is 5.91 Å². The van der Waals surface area contributed by atoms with Crippen molar-refractivity contribution in [3.8, 4) is 11.8 Å². The maximum Gasteiger partial charge on any atom is 0.254 e. The van der Waals surface area contributed by atoms with Crippen LogP contribution in [0.25, 0.3) is 0 Å². The van der Waals surface area contributed by atoms with Crippen molar-refractivity contribution >= 4 is 11.6 Å². The molecule has 0 bridgehead atoms. The molecular weight excluding hydrogens is 300 g/mol. The third-order valence-corrected chi connectivity index (χ3v) is 4.24. The predicted molar refractivity (Wildman–Crippen MR) is 94.4 cm³/mol. The van der Waals surface area contributed by atoms with Gasteiger partial charge in [0, 0.05) is 28.9 Å². The summed E-state index contributed by atoms with van der Waals surface area (Å²) in [5, 5.41) is 9.35. The van der Waals surface area contributed by atoms with Gasteiger partial charge >= 0.3 is 0 Å². The minimum Gasteiger partial charge on any atom is -0.399 e. The lowest BCUT2D eigenvalue weighted by atomic mass is 10.1. The van der Waals surface area contributed by atoms with Gasteiger partial charge in [0.1, 0.15) is 0 Å². The van der Waals surface area contributed by atoms with Crippen molar-refractivity contribution in [2.75, 3.05) is 18.9 Å². The Morgan fingerprint density at radius 2 is 1.67 bits per heavy atom. The number of nitrogen functional groups attached to an aromatic ring is 1. The van der Waals surface area contributed by atoms with Crippen molar-refractivity contribution in [1.82, 2.24) is 4.90 Å². The van der Waals surface area contributed by atoms with E-state index in [1.807, 2.05) is 36.4 Å². The lowest BCUT2D eigenvalue weighted by Crippen LogP contribution is -2.37. The van der Waals surface area contributed by atoms with Crippen LogP contribution in [0.5, 0.6) is 0 Å². The second-order valence-electron chi connectivity index (χ2n) is 5.93. The van der Waals surface area contributed by atoms with E-state index in [0.29, 0.717) is 17.8 Å². The van der Waals surface area contributed by atoms with Gasteiger partial charge in [-0.1, -0.05) is 11.8 Å². The van der Waals surface area contributed by atoms with Crippen molar-refractivity contribution in [2.45, 2.75) is 18.9 Å². The Bertz CT molecular complexity index is 770. The van der Waals surface area contributed by atoms with Gasteiger partial charge in [0.2, 0.25) is 0 Å². The third kappa shape index (κ3) is 3.58. The average Bonchev–Trinajstić information content (AvgIpc) is 3.10. The highest BCUT2D eigenvalue weighted by atomic mass is 16.3. The maximum absolute atomic E-state index is 12.5. The zero-order valence-electron chi connectivity index (χ0n) is 13.4. The molecule has 1 saturated heterocycles. The van der Waals surface area contributed by atoms with Crippen LogP contribution in [0, 0.1) is 11.8 Å². The molecule has 1 aliphatic heterocycles. The average molecular weight is 320 g/mol. The van der Waals surface area contributed by atoms with Gasteiger partial charge in [0.15, 0.2) is 0 Å². The molecule has 4 nitrogen and oxygen atoms in total. The molecule has 0 saturated carbocycles. The fourth-order valence-corrected chi connectivity index (χ4v) is 2.87. The van der Waals surface area contributed by atoms with E-state index in [0.717, 1.165) is 24.0 Å². The fraction of sp³-hybridized carbons (Fsp3) is 0.250. The summed E-state index contributed by atoms with van der Waals surface area (Å²) in [7, 11) is 0. The number of carbonyl (C=O) groups excluding carboxylic acids is 1. The van der Waals surface area contributed by atoms with Crippen LogP contribution < -0.4 is 5.73 Å².